The van der Waals surface area contributed by atoms with Gasteiger partial charge in [-0.15, -0.1) is 0 Å². The lowest BCUT2D eigenvalue weighted by atomic mass is 10.2. The van der Waals surface area contributed by atoms with Crippen molar-refractivity contribution in [3.63, 3.8) is 0 Å². The zero-order valence-corrected chi connectivity index (χ0v) is 13.1. The van der Waals surface area contributed by atoms with E-state index >= 15 is 0 Å². The summed E-state index contributed by atoms with van der Waals surface area (Å²) in [7, 11) is 0. The fourth-order valence-corrected chi connectivity index (χ4v) is 2.56. The molecule has 0 aliphatic carbocycles. The molecule has 0 saturated carbocycles. The van der Waals surface area contributed by atoms with Crippen molar-refractivity contribution in [1.82, 2.24) is 19.3 Å². The van der Waals surface area contributed by atoms with Crippen molar-refractivity contribution in [2.75, 3.05) is 0 Å². The standard InChI is InChI=1S/C14H20N4OS/c1-9(2)8-17-7-5-6-11(13(17)19)12-15-16-14(20)18(12)10(3)4/h5-7,9-10H,8H2,1-4H3,(H,16,20). The first-order chi connectivity index (χ1) is 9.41. The van der Waals surface area contributed by atoms with E-state index in [2.05, 4.69) is 24.0 Å². The zero-order chi connectivity index (χ0) is 14.9. The molecule has 0 aliphatic rings. The molecule has 2 rings (SSSR count). The maximum Gasteiger partial charge on any atom is 0.261 e. The van der Waals surface area contributed by atoms with E-state index in [0.29, 0.717) is 28.6 Å². The Morgan fingerprint density at radius 1 is 1.35 bits per heavy atom. The van der Waals surface area contributed by atoms with Gasteiger partial charge >= 0.3 is 0 Å². The van der Waals surface area contributed by atoms with E-state index in [1.165, 1.54) is 0 Å². The van der Waals surface area contributed by atoms with Gasteiger partial charge in [0, 0.05) is 18.8 Å². The van der Waals surface area contributed by atoms with Gasteiger partial charge in [0.1, 0.15) is 0 Å². The van der Waals surface area contributed by atoms with Crippen molar-refractivity contribution < 1.29 is 0 Å². The number of pyridine rings is 1. The maximum absolute atomic E-state index is 12.6. The van der Waals surface area contributed by atoms with Crippen LogP contribution in [0.3, 0.4) is 0 Å². The third kappa shape index (κ3) is 2.75. The predicted octanol–water partition coefficient (Wildman–Crippen LogP) is 3.01. The minimum absolute atomic E-state index is 0.0305. The molecule has 2 aromatic rings. The average Bonchev–Trinajstić information content (AvgIpc) is 2.73. The smallest absolute Gasteiger partial charge is 0.261 e. The molecule has 0 amide bonds. The minimum Gasteiger partial charge on any atom is -0.315 e. The van der Waals surface area contributed by atoms with Gasteiger partial charge in [0.05, 0.1) is 5.56 Å². The molecule has 6 heteroatoms. The largest absolute Gasteiger partial charge is 0.315 e. The minimum atomic E-state index is -0.0305. The average molecular weight is 292 g/mol. The number of nitrogens with one attached hydrogen (secondary N) is 1. The molecule has 0 radical (unpaired) electrons. The van der Waals surface area contributed by atoms with Gasteiger partial charge in [-0.2, -0.15) is 5.10 Å². The second-order valence-corrected chi connectivity index (χ2v) is 5.98. The molecule has 0 aromatic carbocycles. The summed E-state index contributed by atoms with van der Waals surface area (Å²) >= 11 is 5.23. The summed E-state index contributed by atoms with van der Waals surface area (Å²) in [5.41, 5.74) is 0.548. The molecule has 5 nitrogen and oxygen atoms in total. The lowest BCUT2D eigenvalue weighted by Crippen LogP contribution is -2.24. The van der Waals surface area contributed by atoms with Crippen LogP contribution in [0.25, 0.3) is 11.4 Å². The molecular formula is C14H20N4OS. The first-order valence-electron chi connectivity index (χ1n) is 6.78. The van der Waals surface area contributed by atoms with Gasteiger partial charge in [-0.25, -0.2) is 0 Å². The number of hydrogen-bond donors (Lipinski definition) is 1. The number of aromatic nitrogens is 4. The molecule has 2 heterocycles. The van der Waals surface area contributed by atoms with E-state index in [0.717, 1.165) is 0 Å². The molecule has 0 aliphatic heterocycles. The number of rotatable bonds is 4. The Bertz CT molecular complexity index is 708. The molecule has 0 bridgehead atoms. The first kappa shape index (κ1) is 14.7. The van der Waals surface area contributed by atoms with E-state index in [4.69, 9.17) is 12.2 Å². The van der Waals surface area contributed by atoms with Crippen LogP contribution in [0.2, 0.25) is 0 Å². The fourth-order valence-electron chi connectivity index (χ4n) is 2.22. The van der Waals surface area contributed by atoms with Gasteiger partial charge in [-0.05, 0) is 44.1 Å². The lowest BCUT2D eigenvalue weighted by Gasteiger charge is -2.12. The summed E-state index contributed by atoms with van der Waals surface area (Å²) in [4.78, 5) is 12.6. The van der Waals surface area contributed by atoms with E-state index in [1.807, 2.05) is 30.7 Å². The molecule has 108 valence electrons. The van der Waals surface area contributed by atoms with Crippen LogP contribution >= 0.6 is 12.2 Å². The SMILES string of the molecule is CC(C)Cn1cccc(-c2n[nH]c(=S)n2C(C)C)c1=O. The van der Waals surface area contributed by atoms with Crippen LogP contribution < -0.4 is 5.56 Å². The highest BCUT2D eigenvalue weighted by molar-refractivity contribution is 7.71. The molecule has 0 unspecified atom stereocenters. The Morgan fingerprint density at radius 3 is 2.65 bits per heavy atom. The van der Waals surface area contributed by atoms with Crippen molar-refractivity contribution in [3.05, 3.63) is 33.5 Å². The maximum atomic E-state index is 12.6. The van der Waals surface area contributed by atoms with Gasteiger partial charge < -0.3 is 4.57 Å². The Balaban J connectivity index is 2.60. The third-order valence-corrected chi connectivity index (χ3v) is 3.33. The number of aromatic amines is 1. The second-order valence-electron chi connectivity index (χ2n) is 5.59. The van der Waals surface area contributed by atoms with Crippen LogP contribution in [-0.4, -0.2) is 19.3 Å². The van der Waals surface area contributed by atoms with Crippen molar-refractivity contribution in [1.29, 1.82) is 0 Å². The topological polar surface area (TPSA) is 55.6 Å². The molecule has 2 aromatic heterocycles. The second kappa shape index (κ2) is 5.75. The van der Waals surface area contributed by atoms with Gasteiger partial charge in [0.2, 0.25) is 0 Å². The first-order valence-corrected chi connectivity index (χ1v) is 7.19. The van der Waals surface area contributed by atoms with Gasteiger partial charge in [0.25, 0.3) is 5.56 Å². The summed E-state index contributed by atoms with van der Waals surface area (Å²) < 4.78 is 4.13. The van der Waals surface area contributed by atoms with E-state index in [1.54, 1.807) is 10.6 Å². The van der Waals surface area contributed by atoms with E-state index < -0.39 is 0 Å². The van der Waals surface area contributed by atoms with Crippen molar-refractivity contribution >= 4 is 12.2 Å². The van der Waals surface area contributed by atoms with Gasteiger partial charge in [0.15, 0.2) is 10.6 Å². The molecule has 0 fully saturated rings. The third-order valence-electron chi connectivity index (χ3n) is 3.04. The number of hydrogen-bond acceptors (Lipinski definition) is 3. The van der Waals surface area contributed by atoms with Crippen molar-refractivity contribution in [2.45, 2.75) is 40.3 Å². The lowest BCUT2D eigenvalue weighted by molar-refractivity contribution is 0.511. The summed E-state index contributed by atoms with van der Waals surface area (Å²) in [5.74, 6) is 1.02. The monoisotopic (exact) mass is 292 g/mol. The molecule has 0 atom stereocenters. The van der Waals surface area contributed by atoms with Crippen LogP contribution in [0.5, 0.6) is 0 Å². The van der Waals surface area contributed by atoms with Crippen molar-refractivity contribution in [3.8, 4) is 11.4 Å². The molecule has 0 spiro atoms. The van der Waals surface area contributed by atoms with Crippen LogP contribution in [-0.2, 0) is 6.54 Å². The van der Waals surface area contributed by atoms with Crippen LogP contribution in [0, 0.1) is 10.7 Å². The highest BCUT2D eigenvalue weighted by Gasteiger charge is 2.15. The van der Waals surface area contributed by atoms with Gasteiger partial charge in [-0.1, -0.05) is 13.8 Å². The molecule has 0 saturated heterocycles. The van der Waals surface area contributed by atoms with Crippen LogP contribution in [0.15, 0.2) is 23.1 Å². The molecule has 20 heavy (non-hydrogen) atoms. The van der Waals surface area contributed by atoms with Gasteiger partial charge in [-0.3, -0.25) is 14.5 Å². The zero-order valence-electron chi connectivity index (χ0n) is 12.3. The number of nitrogens with zero attached hydrogens (tertiary/aromatic N) is 3. The summed E-state index contributed by atoms with van der Waals surface area (Å²) in [6.07, 6.45) is 1.81. The summed E-state index contributed by atoms with van der Waals surface area (Å²) in [6.45, 7) is 8.90. The Kier molecular flexibility index (Phi) is 4.23. The molecular weight excluding hydrogens is 272 g/mol. The highest BCUT2D eigenvalue weighted by Crippen LogP contribution is 2.17. The summed E-state index contributed by atoms with van der Waals surface area (Å²) in [6, 6.07) is 3.82. The highest BCUT2D eigenvalue weighted by atomic mass is 32.1. The van der Waals surface area contributed by atoms with Crippen LogP contribution in [0.4, 0.5) is 0 Å². The normalized spacial score (nSPS) is 11.5. The predicted molar refractivity (Wildman–Crippen MR) is 82.3 cm³/mol. The summed E-state index contributed by atoms with van der Waals surface area (Å²) in [5, 5.41) is 6.99. The van der Waals surface area contributed by atoms with Crippen LogP contribution in [0.1, 0.15) is 33.7 Å². The Morgan fingerprint density at radius 2 is 2.05 bits per heavy atom. The Hall–Kier alpha value is -1.69. The van der Waals surface area contributed by atoms with E-state index in [-0.39, 0.29) is 11.6 Å². The fraction of sp³-hybridized carbons (Fsp3) is 0.500. The molecule has 1 N–H and O–H groups in total. The number of H-pyrrole nitrogens is 1. The quantitative estimate of drug-likeness (QED) is 0.881. The van der Waals surface area contributed by atoms with E-state index in [9.17, 15) is 4.79 Å². The van der Waals surface area contributed by atoms with Crippen molar-refractivity contribution in [2.24, 2.45) is 5.92 Å². The Labute approximate surface area is 123 Å².